The first kappa shape index (κ1) is 24.8. The van der Waals surface area contributed by atoms with Crippen LogP contribution in [0.25, 0.3) is 11.1 Å². The molecule has 2 aromatic carbocycles. The molecule has 0 saturated carbocycles. The molecule has 152 valence electrons. The summed E-state index contributed by atoms with van der Waals surface area (Å²) in [7, 11) is 4.30. The Bertz CT molecular complexity index is 832. The number of nitrogens with zero attached hydrogens (tertiary/aromatic N) is 2. The van der Waals surface area contributed by atoms with E-state index >= 15 is 0 Å². The Morgan fingerprint density at radius 3 is 2.21 bits per heavy atom. The molecule has 0 radical (unpaired) electrons. The van der Waals surface area contributed by atoms with Crippen LogP contribution in [-0.2, 0) is 0 Å². The van der Waals surface area contributed by atoms with Gasteiger partial charge < -0.3 is 10.4 Å². The molecule has 5 heteroatoms. The van der Waals surface area contributed by atoms with Gasteiger partial charge in [-0.3, -0.25) is 4.90 Å². The van der Waals surface area contributed by atoms with Gasteiger partial charge in [-0.15, -0.1) is 34.0 Å². The summed E-state index contributed by atoms with van der Waals surface area (Å²) in [4.78, 5) is 4.85. The van der Waals surface area contributed by atoms with E-state index in [2.05, 4.69) is 84.6 Å². The van der Waals surface area contributed by atoms with Gasteiger partial charge in [-0.25, -0.2) is 0 Å². The van der Waals surface area contributed by atoms with Gasteiger partial charge in [0.1, 0.15) is 0 Å². The van der Waals surface area contributed by atoms with Gasteiger partial charge >= 0.3 is 0 Å². The molecule has 2 aliphatic rings. The predicted octanol–water partition coefficient (Wildman–Crippen LogP) is 4.48. The molecule has 2 aromatic rings. The fourth-order valence-electron chi connectivity index (χ4n) is 4.02. The highest BCUT2D eigenvalue weighted by atomic mass is 79.9. The zero-order valence-electron chi connectivity index (χ0n) is 16.5. The van der Waals surface area contributed by atoms with Crippen LogP contribution in [0.2, 0.25) is 0 Å². The van der Waals surface area contributed by atoms with Crippen LogP contribution in [0.5, 0.6) is 0 Å². The van der Waals surface area contributed by atoms with E-state index in [0.29, 0.717) is 0 Å². The molecule has 2 N–H and O–H groups in total. The van der Waals surface area contributed by atoms with E-state index in [4.69, 9.17) is 0 Å². The van der Waals surface area contributed by atoms with Crippen molar-refractivity contribution < 1.29 is 5.48 Å². The second-order valence-corrected chi connectivity index (χ2v) is 7.27. The molecule has 1 aliphatic heterocycles. The van der Waals surface area contributed by atoms with E-state index in [1.54, 1.807) is 0 Å². The fourth-order valence-corrected chi connectivity index (χ4v) is 4.02. The lowest BCUT2D eigenvalue weighted by Gasteiger charge is -2.28. The Morgan fingerprint density at radius 1 is 0.893 bits per heavy atom. The third-order valence-corrected chi connectivity index (χ3v) is 5.19. The quantitative estimate of drug-likeness (QED) is 0.595. The van der Waals surface area contributed by atoms with Crippen molar-refractivity contribution in [1.82, 2.24) is 9.80 Å². The van der Waals surface area contributed by atoms with Crippen LogP contribution in [0, 0.1) is 0 Å². The number of benzene rings is 2. The molecular weight excluding hydrogens is 480 g/mol. The van der Waals surface area contributed by atoms with E-state index in [1.165, 1.54) is 39.8 Å². The van der Waals surface area contributed by atoms with Crippen LogP contribution in [-0.4, -0.2) is 55.6 Å². The minimum absolute atomic E-state index is 0. The normalized spacial score (nSPS) is 15.0. The van der Waals surface area contributed by atoms with E-state index in [9.17, 15) is 0 Å². The Kier molecular flexibility index (Phi) is 9.81. The van der Waals surface area contributed by atoms with Crippen LogP contribution in [0.15, 0.2) is 66.2 Å². The van der Waals surface area contributed by atoms with Crippen molar-refractivity contribution in [2.75, 3.05) is 40.3 Å². The zero-order chi connectivity index (χ0) is 17.2. The van der Waals surface area contributed by atoms with Crippen LogP contribution in [0.3, 0.4) is 0 Å². The van der Waals surface area contributed by atoms with E-state index in [-0.39, 0.29) is 39.4 Å². The lowest BCUT2D eigenvalue weighted by atomic mass is 9.96. The molecule has 0 unspecified atom stereocenters. The molecule has 0 atom stereocenters. The second-order valence-electron chi connectivity index (χ2n) is 7.27. The van der Waals surface area contributed by atoms with Gasteiger partial charge in [0.2, 0.25) is 0 Å². The van der Waals surface area contributed by atoms with E-state index in [0.717, 1.165) is 26.2 Å². The van der Waals surface area contributed by atoms with Crippen molar-refractivity contribution in [3.8, 4) is 0 Å². The van der Waals surface area contributed by atoms with Gasteiger partial charge in [-0.05, 0) is 60.5 Å². The summed E-state index contributed by atoms with van der Waals surface area (Å²) in [5, 5.41) is 0. The van der Waals surface area contributed by atoms with E-state index < -0.39 is 0 Å². The summed E-state index contributed by atoms with van der Waals surface area (Å²) in [6.45, 7) is 4.42. The lowest BCUT2D eigenvalue weighted by Crippen LogP contribution is -2.32. The number of rotatable bonds is 5. The molecule has 28 heavy (non-hydrogen) atoms. The van der Waals surface area contributed by atoms with Gasteiger partial charge in [-0.2, -0.15) is 0 Å². The van der Waals surface area contributed by atoms with Crippen LogP contribution in [0.1, 0.15) is 23.1 Å². The molecule has 0 bridgehead atoms. The van der Waals surface area contributed by atoms with Crippen molar-refractivity contribution in [2.45, 2.75) is 6.42 Å². The number of hydrogen-bond acceptors (Lipinski definition) is 2. The minimum Gasteiger partial charge on any atom is -0.412 e. The molecule has 3 nitrogen and oxygen atoms in total. The average Bonchev–Trinajstić information content (AvgIpc) is 2.96. The Labute approximate surface area is 189 Å². The molecular formula is C23H30Br2N2O. The summed E-state index contributed by atoms with van der Waals surface area (Å²) in [5.41, 5.74) is 8.53. The third-order valence-electron chi connectivity index (χ3n) is 5.19. The van der Waals surface area contributed by atoms with Crippen LogP contribution >= 0.6 is 34.0 Å². The third kappa shape index (κ3) is 5.02. The maximum Gasteiger partial charge on any atom is 0.0249 e. The maximum atomic E-state index is 2.58. The van der Waals surface area contributed by atoms with Gasteiger partial charge in [0.05, 0.1) is 0 Å². The largest absolute Gasteiger partial charge is 0.412 e. The summed E-state index contributed by atoms with van der Waals surface area (Å²) in [5.74, 6) is 0. The zero-order valence-corrected chi connectivity index (χ0v) is 19.9. The second kappa shape index (κ2) is 11.1. The first-order valence-corrected chi connectivity index (χ1v) is 9.20. The Morgan fingerprint density at radius 2 is 1.54 bits per heavy atom. The fraction of sp³-hybridized carbons (Fsp3) is 0.304. The maximum absolute atomic E-state index is 2.58. The number of hydrogen-bond donors (Lipinski definition) is 0. The minimum atomic E-state index is 0. The first-order valence-electron chi connectivity index (χ1n) is 9.20. The summed E-state index contributed by atoms with van der Waals surface area (Å²) in [6, 6.07) is 19.7. The number of fused-ring (bicyclic) bond motifs is 3. The van der Waals surface area contributed by atoms with Crippen molar-refractivity contribution in [3.05, 3.63) is 82.9 Å². The Balaban J connectivity index is 0.00000131. The highest BCUT2D eigenvalue weighted by molar-refractivity contribution is 8.93. The lowest BCUT2D eigenvalue weighted by molar-refractivity contribution is 0.294. The van der Waals surface area contributed by atoms with Crippen LogP contribution < -0.4 is 0 Å². The molecule has 0 amide bonds. The first-order chi connectivity index (χ1) is 12.2. The highest BCUT2D eigenvalue weighted by Gasteiger charge is 2.30. The highest BCUT2D eigenvalue weighted by Crippen LogP contribution is 2.45. The molecule has 1 aliphatic carbocycles. The molecule has 0 saturated heterocycles. The van der Waals surface area contributed by atoms with Crippen molar-refractivity contribution in [2.24, 2.45) is 0 Å². The van der Waals surface area contributed by atoms with Gasteiger partial charge in [-0.1, -0.05) is 60.7 Å². The smallest absolute Gasteiger partial charge is 0.0249 e. The monoisotopic (exact) mass is 508 g/mol. The van der Waals surface area contributed by atoms with Crippen LogP contribution in [0.4, 0.5) is 0 Å². The Hall–Kier alpha value is -1.24. The molecule has 0 fully saturated rings. The van der Waals surface area contributed by atoms with Gasteiger partial charge in [0, 0.05) is 19.6 Å². The molecule has 0 aromatic heterocycles. The molecule has 1 heterocycles. The number of halogens is 2. The van der Waals surface area contributed by atoms with Crippen molar-refractivity contribution in [3.63, 3.8) is 0 Å². The molecule has 4 rings (SSSR count). The summed E-state index contributed by atoms with van der Waals surface area (Å²) < 4.78 is 0. The summed E-state index contributed by atoms with van der Waals surface area (Å²) in [6.07, 6.45) is 3.65. The van der Waals surface area contributed by atoms with Gasteiger partial charge in [0.15, 0.2) is 0 Å². The SMILES string of the molecule is Br.Br.CN(C)CCCN1CC=C2C(=C(c3ccccc3)c3ccccc32)C1.O. The van der Waals surface area contributed by atoms with E-state index in [1.807, 2.05) is 0 Å². The predicted molar refractivity (Wildman–Crippen MR) is 131 cm³/mol. The topological polar surface area (TPSA) is 38.0 Å². The van der Waals surface area contributed by atoms with Crippen molar-refractivity contribution in [1.29, 1.82) is 0 Å². The molecule has 0 spiro atoms. The summed E-state index contributed by atoms with van der Waals surface area (Å²) >= 11 is 0. The van der Waals surface area contributed by atoms with Crippen molar-refractivity contribution >= 4 is 45.1 Å². The van der Waals surface area contributed by atoms with Gasteiger partial charge in [0.25, 0.3) is 0 Å². The average molecular weight is 510 g/mol. The standard InChI is InChI=1S/C23H26N2.2BrH.H2O/c1-24(2)14-8-15-25-16-13-20-19-11-6-7-12-21(19)23(22(20)17-25)18-9-4-3-5-10-18;;;/h3-7,9-13H,8,14-17H2,1-2H3;2*1H;1H2.